The molecule has 124 valence electrons. The van der Waals surface area contributed by atoms with Gasteiger partial charge < -0.3 is 0 Å². The lowest BCUT2D eigenvalue weighted by atomic mass is 10.3. The molecular weight excluding hydrogens is 355 g/mol. The van der Waals surface area contributed by atoms with E-state index in [4.69, 9.17) is 23.2 Å². The monoisotopic (exact) mass is 372 g/mol. The quantitative estimate of drug-likeness (QED) is 0.777. The van der Waals surface area contributed by atoms with Gasteiger partial charge in [0.1, 0.15) is 12.2 Å². The van der Waals surface area contributed by atoms with Crippen LogP contribution in [0.25, 0.3) is 5.69 Å². The van der Waals surface area contributed by atoms with Crippen LogP contribution in [0, 0.1) is 6.92 Å². The summed E-state index contributed by atoms with van der Waals surface area (Å²) in [5.41, 5.74) is 0.856. The van der Waals surface area contributed by atoms with Gasteiger partial charge in [0.2, 0.25) is 0 Å². The highest BCUT2D eigenvalue weighted by molar-refractivity contribution is 7.64. The van der Waals surface area contributed by atoms with Crippen molar-refractivity contribution in [3.05, 3.63) is 40.4 Å². The van der Waals surface area contributed by atoms with Gasteiger partial charge in [-0.1, -0.05) is 23.2 Å². The van der Waals surface area contributed by atoms with Gasteiger partial charge in [0.25, 0.3) is 0 Å². The lowest BCUT2D eigenvalue weighted by Crippen LogP contribution is -2.20. The Morgan fingerprint density at radius 3 is 2.57 bits per heavy atom. The zero-order valence-corrected chi connectivity index (χ0v) is 15.1. The van der Waals surface area contributed by atoms with Crippen LogP contribution in [0.5, 0.6) is 0 Å². The molecule has 0 spiro atoms. The van der Waals surface area contributed by atoms with Gasteiger partial charge in [0.05, 0.1) is 27.0 Å². The minimum Gasteiger partial charge on any atom is -0.299 e. The highest BCUT2D eigenvalue weighted by Crippen LogP contribution is 2.24. The largest absolute Gasteiger partial charge is 0.299 e. The number of likely N-dealkylation sites (tertiary alicyclic amines) is 1. The molecule has 1 aliphatic heterocycles. The van der Waals surface area contributed by atoms with Crippen LogP contribution in [0.1, 0.15) is 18.7 Å². The maximum atomic E-state index is 9.92. The van der Waals surface area contributed by atoms with Crippen LogP contribution in [0.2, 0.25) is 10.0 Å². The summed E-state index contributed by atoms with van der Waals surface area (Å²) in [7, 11) is 0. The third-order valence-corrected chi connectivity index (χ3v) is 4.49. The Morgan fingerprint density at radius 1 is 1.26 bits per heavy atom. The van der Waals surface area contributed by atoms with E-state index in [1.54, 1.807) is 22.2 Å². The molecule has 0 N–H and O–H groups in total. The number of nitrogens with zero attached hydrogens (tertiary/aromatic N) is 4. The fourth-order valence-electron chi connectivity index (χ4n) is 2.27. The molecule has 1 saturated heterocycles. The Kier molecular flexibility index (Phi) is 7.23. The predicted octanol–water partition coefficient (Wildman–Crippen LogP) is 2.98. The summed E-state index contributed by atoms with van der Waals surface area (Å²) in [6.45, 7) is 5.10. The topological polar surface area (TPSA) is 51.0 Å². The molecule has 1 fully saturated rings. The van der Waals surface area contributed by atoms with Crippen LogP contribution in [-0.4, -0.2) is 48.9 Å². The Bertz CT molecular complexity index is 695. The molecule has 2 heterocycles. The van der Waals surface area contributed by atoms with E-state index in [1.165, 1.54) is 32.3 Å². The number of benzene rings is 1. The second-order valence-electron chi connectivity index (χ2n) is 5.09. The van der Waals surface area contributed by atoms with E-state index < -0.39 is 0 Å². The summed E-state index contributed by atoms with van der Waals surface area (Å²) in [4.78, 5) is 6.32. The number of halogens is 2. The van der Waals surface area contributed by atoms with Crippen molar-refractivity contribution in [1.29, 1.82) is 0 Å². The molecule has 0 unspecified atom stereocenters. The SMILES string of the molecule is Cc1ncnn1-c1ccc(Cl)c(Cl)c1.O=S=CCN1CCCC1. The van der Waals surface area contributed by atoms with E-state index in [9.17, 15) is 4.21 Å². The van der Waals surface area contributed by atoms with Crippen LogP contribution in [0.15, 0.2) is 24.5 Å². The Morgan fingerprint density at radius 2 is 2.00 bits per heavy atom. The molecular formula is C15H18Cl2N4OS. The van der Waals surface area contributed by atoms with Gasteiger partial charge in [-0.05, 0) is 51.1 Å². The van der Waals surface area contributed by atoms with Gasteiger partial charge in [-0.25, -0.2) is 13.9 Å². The summed E-state index contributed by atoms with van der Waals surface area (Å²) in [5, 5.41) is 6.82. The molecule has 1 aliphatic rings. The Hall–Kier alpha value is -1.21. The highest BCUT2D eigenvalue weighted by Gasteiger charge is 2.08. The van der Waals surface area contributed by atoms with Crippen molar-refractivity contribution < 1.29 is 4.21 Å². The smallest absolute Gasteiger partial charge is 0.138 e. The van der Waals surface area contributed by atoms with E-state index in [1.807, 2.05) is 13.0 Å². The van der Waals surface area contributed by atoms with Gasteiger partial charge in [-0.3, -0.25) is 4.90 Å². The molecule has 1 aromatic carbocycles. The van der Waals surface area contributed by atoms with Gasteiger partial charge >= 0.3 is 0 Å². The van der Waals surface area contributed by atoms with E-state index >= 15 is 0 Å². The molecule has 8 heteroatoms. The van der Waals surface area contributed by atoms with E-state index in [0.717, 1.165) is 18.1 Å². The van der Waals surface area contributed by atoms with Gasteiger partial charge in [0, 0.05) is 11.9 Å². The molecule has 2 aromatic rings. The second kappa shape index (κ2) is 9.17. The molecule has 0 atom stereocenters. The minimum absolute atomic E-state index is 0.513. The third kappa shape index (κ3) is 5.42. The first-order chi connectivity index (χ1) is 11.1. The maximum absolute atomic E-state index is 9.92. The van der Waals surface area contributed by atoms with Crippen molar-refractivity contribution in [3.8, 4) is 5.69 Å². The van der Waals surface area contributed by atoms with Gasteiger partial charge in [-0.15, -0.1) is 0 Å². The Labute approximate surface area is 149 Å². The average molecular weight is 373 g/mol. The lowest BCUT2D eigenvalue weighted by Gasteiger charge is -2.08. The Balaban J connectivity index is 0.000000185. The van der Waals surface area contributed by atoms with Crippen molar-refractivity contribution in [2.75, 3.05) is 19.6 Å². The first-order valence-corrected chi connectivity index (χ1v) is 8.82. The maximum Gasteiger partial charge on any atom is 0.138 e. The standard InChI is InChI=1S/C9H7Cl2N3.C6H11NOS/c1-6-12-5-13-14(6)7-2-3-8(10)9(11)4-7;8-9-6-5-7-3-1-2-4-7/h2-5H,1H3;6H,1-5H2. The average Bonchev–Trinajstić information content (AvgIpc) is 3.20. The molecule has 23 heavy (non-hydrogen) atoms. The van der Waals surface area contributed by atoms with Crippen LogP contribution in [0.4, 0.5) is 0 Å². The van der Waals surface area contributed by atoms with Crippen LogP contribution in [0.3, 0.4) is 0 Å². The first kappa shape index (κ1) is 18.1. The van der Waals surface area contributed by atoms with Crippen molar-refractivity contribution in [3.63, 3.8) is 0 Å². The molecule has 3 rings (SSSR count). The molecule has 0 saturated carbocycles. The summed E-state index contributed by atoms with van der Waals surface area (Å²) < 4.78 is 11.6. The molecule has 0 radical (unpaired) electrons. The highest BCUT2D eigenvalue weighted by atomic mass is 35.5. The van der Waals surface area contributed by atoms with Crippen molar-refractivity contribution in [1.82, 2.24) is 19.7 Å². The summed E-state index contributed by atoms with van der Waals surface area (Å²) >= 11 is 12.3. The molecule has 0 bridgehead atoms. The van der Waals surface area contributed by atoms with E-state index in [0.29, 0.717) is 21.3 Å². The van der Waals surface area contributed by atoms with Gasteiger partial charge in [0.15, 0.2) is 0 Å². The van der Waals surface area contributed by atoms with E-state index in [-0.39, 0.29) is 0 Å². The normalized spacial score (nSPS) is 14.2. The number of aromatic nitrogens is 3. The first-order valence-electron chi connectivity index (χ1n) is 7.26. The van der Waals surface area contributed by atoms with Crippen LogP contribution >= 0.6 is 23.2 Å². The lowest BCUT2D eigenvalue weighted by molar-refractivity contribution is 0.392. The number of rotatable bonds is 3. The van der Waals surface area contributed by atoms with Crippen LogP contribution < -0.4 is 0 Å². The summed E-state index contributed by atoms with van der Waals surface area (Å²) in [6.07, 6.45) is 4.10. The summed E-state index contributed by atoms with van der Waals surface area (Å²) in [5.74, 6) is 0.809. The molecule has 0 amide bonds. The van der Waals surface area contributed by atoms with Crippen molar-refractivity contribution >= 4 is 39.8 Å². The number of hydrogen-bond donors (Lipinski definition) is 0. The molecule has 0 aliphatic carbocycles. The predicted molar refractivity (Wildman–Crippen MR) is 96.0 cm³/mol. The second-order valence-corrected chi connectivity index (χ2v) is 6.43. The van der Waals surface area contributed by atoms with Gasteiger partial charge in [-0.2, -0.15) is 5.10 Å². The summed E-state index contributed by atoms with van der Waals surface area (Å²) in [6, 6.07) is 5.34. The third-order valence-electron chi connectivity index (χ3n) is 3.47. The fourth-order valence-corrected chi connectivity index (χ4v) is 2.83. The van der Waals surface area contributed by atoms with Crippen LogP contribution in [-0.2, 0) is 11.3 Å². The zero-order chi connectivity index (χ0) is 16.7. The molecule has 5 nitrogen and oxygen atoms in total. The minimum atomic E-state index is 0.513. The number of aryl methyl sites for hydroxylation is 1. The van der Waals surface area contributed by atoms with Crippen molar-refractivity contribution in [2.45, 2.75) is 19.8 Å². The van der Waals surface area contributed by atoms with Crippen molar-refractivity contribution in [2.24, 2.45) is 0 Å². The molecule has 1 aromatic heterocycles. The number of hydrogen-bond acceptors (Lipinski definition) is 4. The van der Waals surface area contributed by atoms with E-state index in [2.05, 4.69) is 15.0 Å². The zero-order valence-electron chi connectivity index (χ0n) is 12.8. The fraction of sp³-hybridized carbons (Fsp3) is 0.400.